The number of aromatic nitrogens is 2. The normalized spacial score (nSPS) is 10.8. The van der Waals surface area contributed by atoms with Crippen molar-refractivity contribution in [3.63, 3.8) is 0 Å². The van der Waals surface area contributed by atoms with E-state index < -0.39 is 0 Å². The lowest BCUT2D eigenvalue weighted by Gasteiger charge is -2.17. The minimum absolute atomic E-state index is 0.222. The standard InChI is InChI=1S/C15H15FN4OS/c1-19(9-11-3-2-4-12(16)7-11)14(21)17-8-13-10-20-5-6-22-15(20)18-13/h2-7,10H,8-9H2,1H3,(H,17,21). The van der Waals surface area contributed by atoms with Gasteiger partial charge in [-0.15, -0.1) is 11.3 Å². The summed E-state index contributed by atoms with van der Waals surface area (Å²) >= 11 is 1.55. The number of imidazole rings is 1. The van der Waals surface area contributed by atoms with Crippen molar-refractivity contribution in [1.82, 2.24) is 19.6 Å². The van der Waals surface area contributed by atoms with E-state index in [2.05, 4.69) is 10.3 Å². The monoisotopic (exact) mass is 318 g/mol. The Bertz CT molecular complexity index is 769. The predicted octanol–water partition coefficient (Wildman–Crippen LogP) is 2.88. The number of nitrogens with zero attached hydrogens (tertiary/aromatic N) is 3. The van der Waals surface area contributed by atoms with Gasteiger partial charge in [0.25, 0.3) is 0 Å². The lowest BCUT2D eigenvalue weighted by Crippen LogP contribution is -2.36. The molecular formula is C15H15FN4OS. The van der Waals surface area contributed by atoms with Gasteiger partial charge in [0.15, 0.2) is 4.96 Å². The van der Waals surface area contributed by atoms with E-state index in [0.717, 1.165) is 16.2 Å². The number of carbonyl (C=O) groups is 1. The zero-order valence-corrected chi connectivity index (χ0v) is 12.8. The van der Waals surface area contributed by atoms with Crippen molar-refractivity contribution in [3.8, 4) is 0 Å². The minimum Gasteiger partial charge on any atom is -0.332 e. The largest absolute Gasteiger partial charge is 0.332 e. The number of thiazole rings is 1. The molecule has 2 aromatic heterocycles. The van der Waals surface area contributed by atoms with Crippen LogP contribution >= 0.6 is 11.3 Å². The van der Waals surface area contributed by atoms with Gasteiger partial charge in [-0.1, -0.05) is 12.1 Å². The molecule has 0 unspecified atom stereocenters. The van der Waals surface area contributed by atoms with Gasteiger partial charge in [0.05, 0.1) is 12.2 Å². The molecule has 0 aliphatic rings. The number of rotatable bonds is 4. The zero-order valence-electron chi connectivity index (χ0n) is 12.0. The van der Waals surface area contributed by atoms with Crippen molar-refractivity contribution < 1.29 is 9.18 Å². The third kappa shape index (κ3) is 3.25. The topological polar surface area (TPSA) is 49.6 Å². The van der Waals surface area contributed by atoms with Gasteiger partial charge >= 0.3 is 6.03 Å². The smallest absolute Gasteiger partial charge is 0.317 e. The Balaban J connectivity index is 1.55. The average molecular weight is 318 g/mol. The zero-order chi connectivity index (χ0) is 15.5. The van der Waals surface area contributed by atoms with Crippen molar-refractivity contribution in [2.24, 2.45) is 0 Å². The SMILES string of the molecule is CN(Cc1cccc(F)c1)C(=O)NCc1cn2ccsc2n1. The Morgan fingerprint density at radius 3 is 3.14 bits per heavy atom. The summed E-state index contributed by atoms with van der Waals surface area (Å²) in [5, 5.41) is 4.76. The molecule has 0 spiro atoms. The Morgan fingerprint density at radius 1 is 1.50 bits per heavy atom. The van der Waals surface area contributed by atoms with Crippen molar-refractivity contribution >= 4 is 22.3 Å². The number of carbonyl (C=O) groups excluding carboxylic acids is 1. The summed E-state index contributed by atoms with van der Waals surface area (Å²) in [5.41, 5.74) is 1.56. The van der Waals surface area contributed by atoms with Gasteiger partial charge in [-0.2, -0.15) is 0 Å². The van der Waals surface area contributed by atoms with Gasteiger partial charge in [-0.25, -0.2) is 14.2 Å². The van der Waals surface area contributed by atoms with Crippen LogP contribution in [0.15, 0.2) is 42.0 Å². The molecular weight excluding hydrogens is 303 g/mol. The van der Waals surface area contributed by atoms with E-state index >= 15 is 0 Å². The van der Waals surface area contributed by atoms with Crippen LogP contribution in [0.1, 0.15) is 11.3 Å². The Labute approximate surface area is 131 Å². The number of nitrogens with one attached hydrogen (secondary N) is 1. The summed E-state index contributed by atoms with van der Waals surface area (Å²) in [4.78, 5) is 18.9. The van der Waals surface area contributed by atoms with E-state index in [1.807, 2.05) is 22.2 Å². The molecule has 22 heavy (non-hydrogen) atoms. The second kappa shape index (κ2) is 6.15. The number of hydrogen-bond acceptors (Lipinski definition) is 3. The highest BCUT2D eigenvalue weighted by molar-refractivity contribution is 7.15. The summed E-state index contributed by atoms with van der Waals surface area (Å²) in [6.45, 7) is 0.711. The molecule has 1 N–H and O–H groups in total. The van der Waals surface area contributed by atoms with Crippen LogP contribution in [0.4, 0.5) is 9.18 Å². The fourth-order valence-electron chi connectivity index (χ4n) is 2.14. The maximum Gasteiger partial charge on any atom is 0.317 e. The highest BCUT2D eigenvalue weighted by Crippen LogP contribution is 2.11. The van der Waals surface area contributed by atoms with E-state index in [4.69, 9.17) is 0 Å². The number of halogens is 1. The summed E-state index contributed by atoms with van der Waals surface area (Å²) < 4.78 is 15.0. The molecule has 114 valence electrons. The first-order valence-corrected chi connectivity index (χ1v) is 7.64. The van der Waals surface area contributed by atoms with Crippen molar-refractivity contribution in [1.29, 1.82) is 0 Å². The summed E-state index contributed by atoms with van der Waals surface area (Å²) in [6, 6.07) is 6.01. The Hall–Kier alpha value is -2.41. The Morgan fingerprint density at radius 2 is 2.36 bits per heavy atom. The number of hydrogen-bond donors (Lipinski definition) is 1. The molecule has 0 saturated heterocycles. The molecule has 0 atom stereocenters. The molecule has 7 heteroatoms. The lowest BCUT2D eigenvalue weighted by molar-refractivity contribution is 0.206. The third-order valence-corrected chi connectivity index (χ3v) is 3.99. The number of fused-ring (bicyclic) bond motifs is 1. The number of urea groups is 1. The second-order valence-corrected chi connectivity index (χ2v) is 5.84. The van der Waals surface area contributed by atoms with Gasteiger partial charge < -0.3 is 10.2 Å². The molecule has 3 aromatic rings. The van der Waals surface area contributed by atoms with Gasteiger partial charge in [-0.3, -0.25) is 4.40 Å². The molecule has 0 fully saturated rings. The van der Waals surface area contributed by atoms with E-state index in [9.17, 15) is 9.18 Å². The first-order valence-electron chi connectivity index (χ1n) is 6.76. The highest BCUT2D eigenvalue weighted by Gasteiger charge is 2.10. The third-order valence-electron chi connectivity index (χ3n) is 3.22. The minimum atomic E-state index is -0.301. The van der Waals surface area contributed by atoms with Crippen LogP contribution in [0.5, 0.6) is 0 Å². The van der Waals surface area contributed by atoms with Crippen LogP contribution in [-0.4, -0.2) is 27.4 Å². The van der Waals surface area contributed by atoms with Crippen LogP contribution in [-0.2, 0) is 13.1 Å². The first-order chi connectivity index (χ1) is 10.6. The number of benzene rings is 1. The van der Waals surface area contributed by atoms with E-state index in [-0.39, 0.29) is 11.8 Å². The first kappa shape index (κ1) is 14.5. The fraction of sp³-hybridized carbons (Fsp3) is 0.200. The molecule has 3 rings (SSSR count). The maximum atomic E-state index is 13.1. The fourth-order valence-corrected chi connectivity index (χ4v) is 2.86. The molecule has 2 heterocycles. The molecule has 0 aliphatic heterocycles. The van der Waals surface area contributed by atoms with Gasteiger partial charge in [0.2, 0.25) is 0 Å². The second-order valence-electron chi connectivity index (χ2n) is 4.97. The van der Waals surface area contributed by atoms with Crippen LogP contribution in [0.25, 0.3) is 4.96 Å². The van der Waals surface area contributed by atoms with Crippen molar-refractivity contribution in [2.45, 2.75) is 13.1 Å². The van der Waals surface area contributed by atoms with Crippen LogP contribution in [0.2, 0.25) is 0 Å². The maximum absolute atomic E-state index is 13.1. The number of amides is 2. The van der Waals surface area contributed by atoms with Gasteiger partial charge in [0, 0.05) is 31.4 Å². The molecule has 0 aliphatic carbocycles. The van der Waals surface area contributed by atoms with Gasteiger partial charge in [-0.05, 0) is 17.7 Å². The average Bonchev–Trinajstić information content (AvgIpc) is 3.05. The van der Waals surface area contributed by atoms with Crippen LogP contribution in [0, 0.1) is 5.82 Å². The summed E-state index contributed by atoms with van der Waals surface area (Å²) in [5.74, 6) is -0.301. The van der Waals surface area contributed by atoms with Crippen LogP contribution < -0.4 is 5.32 Å². The predicted molar refractivity (Wildman–Crippen MR) is 83.2 cm³/mol. The summed E-state index contributed by atoms with van der Waals surface area (Å²) in [7, 11) is 1.67. The lowest BCUT2D eigenvalue weighted by atomic mass is 10.2. The quantitative estimate of drug-likeness (QED) is 0.804. The molecule has 0 saturated carbocycles. The molecule has 0 radical (unpaired) electrons. The molecule has 5 nitrogen and oxygen atoms in total. The Kier molecular flexibility index (Phi) is 4.06. The van der Waals surface area contributed by atoms with Crippen molar-refractivity contribution in [2.75, 3.05) is 7.05 Å². The van der Waals surface area contributed by atoms with Crippen LogP contribution in [0.3, 0.4) is 0 Å². The molecule has 1 aromatic carbocycles. The van der Waals surface area contributed by atoms with Gasteiger partial charge in [0.1, 0.15) is 5.82 Å². The molecule has 2 amide bonds. The highest BCUT2D eigenvalue weighted by atomic mass is 32.1. The molecule has 0 bridgehead atoms. The van der Waals surface area contributed by atoms with Crippen molar-refractivity contribution in [3.05, 3.63) is 59.1 Å². The van der Waals surface area contributed by atoms with E-state index in [1.54, 1.807) is 30.5 Å². The summed E-state index contributed by atoms with van der Waals surface area (Å²) in [6.07, 6.45) is 3.81. The van der Waals surface area contributed by atoms with E-state index in [1.165, 1.54) is 17.0 Å². The van der Waals surface area contributed by atoms with E-state index in [0.29, 0.717) is 13.1 Å².